The van der Waals surface area contributed by atoms with Gasteiger partial charge in [0.05, 0.1) is 11.1 Å². The zero-order valence-electron chi connectivity index (χ0n) is 48.1. The molecule has 0 N–H and O–H groups in total. The fourth-order valence-electron chi connectivity index (χ4n) is 13.1. The van der Waals surface area contributed by atoms with Crippen LogP contribution < -0.4 is 9.80 Å². The van der Waals surface area contributed by atoms with Crippen LogP contribution in [0.2, 0.25) is 0 Å². The van der Waals surface area contributed by atoms with Gasteiger partial charge in [0, 0.05) is 34.0 Å². The molecule has 0 fully saturated rings. The Morgan fingerprint density at radius 3 is 1.12 bits per heavy atom. The Hall–Kier alpha value is -10.5. The van der Waals surface area contributed by atoms with Crippen LogP contribution in [-0.4, -0.2) is 0 Å². The van der Waals surface area contributed by atoms with E-state index in [9.17, 15) is 0 Å². The minimum absolute atomic E-state index is 0.119. The normalized spacial score (nSPS) is 12.3. The molecule has 0 atom stereocenters. The van der Waals surface area contributed by atoms with E-state index in [1.807, 2.05) is 0 Å². The van der Waals surface area contributed by atoms with Crippen molar-refractivity contribution in [3.05, 3.63) is 361 Å². The lowest BCUT2D eigenvalue weighted by molar-refractivity contribution is 0.592. The second-order valence-electron chi connectivity index (χ2n) is 23.2. The maximum atomic E-state index is 2.49. The van der Waals surface area contributed by atoms with E-state index in [-0.39, 0.29) is 5.41 Å². The largest absolute Gasteiger partial charge is 0.310 e. The van der Waals surface area contributed by atoms with Crippen LogP contribution in [-0.2, 0) is 10.8 Å². The molecule has 0 amide bonds. The van der Waals surface area contributed by atoms with Crippen LogP contribution in [0.4, 0.5) is 34.1 Å². The van der Waals surface area contributed by atoms with E-state index in [2.05, 4.69) is 364 Å². The van der Waals surface area contributed by atoms with Gasteiger partial charge in [-0.25, -0.2) is 0 Å². The van der Waals surface area contributed by atoms with Crippen LogP contribution >= 0.6 is 0 Å². The molecule has 13 aromatic carbocycles. The van der Waals surface area contributed by atoms with E-state index >= 15 is 0 Å². The van der Waals surface area contributed by atoms with Gasteiger partial charge in [-0.05, 0) is 161 Å². The highest BCUT2D eigenvalue weighted by Crippen LogP contribution is 2.60. The molecule has 0 bridgehead atoms. The average Bonchev–Trinajstić information content (AvgIpc) is 1.62. The highest BCUT2D eigenvalue weighted by molar-refractivity contribution is 5.98. The molecule has 0 heterocycles. The third-order valence-corrected chi connectivity index (χ3v) is 17.1. The van der Waals surface area contributed by atoms with Crippen molar-refractivity contribution in [1.29, 1.82) is 0 Å². The second kappa shape index (κ2) is 22.3. The number of benzene rings is 13. The van der Waals surface area contributed by atoms with Crippen molar-refractivity contribution >= 4 is 34.1 Å². The molecule has 13 aromatic rings. The molecule has 0 aliphatic heterocycles. The van der Waals surface area contributed by atoms with Crippen molar-refractivity contribution in [2.24, 2.45) is 0 Å². The summed E-state index contributed by atoms with van der Waals surface area (Å²) in [5.41, 5.74) is 26.3. The topological polar surface area (TPSA) is 6.48 Å². The summed E-state index contributed by atoms with van der Waals surface area (Å²) in [5.74, 6) is 0. The van der Waals surface area contributed by atoms with Crippen LogP contribution in [0, 0.1) is 0 Å². The molecular formula is C83H64N2. The van der Waals surface area contributed by atoms with E-state index in [1.165, 1.54) is 77.9 Å². The first-order chi connectivity index (χ1) is 41.8. The van der Waals surface area contributed by atoms with E-state index in [4.69, 9.17) is 0 Å². The number of nitrogens with zero attached hydrogens (tertiary/aromatic N) is 2. The van der Waals surface area contributed by atoms with Gasteiger partial charge in [0.15, 0.2) is 0 Å². The maximum Gasteiger partial charge on any atom is 0.0714 e. The molecule has 0 saturated carbocycles. The summed E-state index contributed by atoms with van der Waals surface area (Å²) in [6.07, 6.45) is 0. The van der Waals surface area contributed by atoms with Gasteiger partial charge in [-0.15, -0.1) is 0 Å². The summed E-state index contributed by atoms with van der Waals surface area (Å²) >= 11 is 0. The fraction of sp³-hybridized carbons (Fsp3) is 0.0602. The molecule has 0 spiro atoms. The molecule has 0 aromatic heterocycles. The van der Waals surface area contributed by atoms with Crippen molar-refractivity contribution < 1.29 is 0 Å². The van der Waals surface area contributed by atoms with Gasteiger partial charge in [0.1, 0.15) is 0 Å². The number of hydrogen-bond acceptors (Lipinski definition) is 2. The highest BCUT2D eigenvalue weighted by atomic mass is 15.1. The first-order valence-corrected chi connectivity index (χ1v) is 29.6. The molecule has 85 heavy (non-hydrogen) atoms. The Morgan fingerprint density at radius 2 is 0.612 bits per heavy atom. The molecule has 14 rings (SSSR count). The number of hydrogen-bond donors (Lipinski definition) is 0. The standard InChI is InChI=1S/C83H64N2/c1-82(2,3)78-57-71(53-55-73(78)63-29-14-6-15-30-63)84(68-47-41-61(42-48-68)59-25-10-4-11-26-59)69-51-45-65(46-52-69)75-38-24-39-77-81(75)76-56-54-72(58-79(76)83(77,66-33-18-8-19-34-66)67-35-20-9-21-36-67)85(70-49-43-62(44-50-70)60-27-12-5-13-28-60)80-40-23-22-37-74(80)64-31-16-7-17-32-64/h4-58H,1-3H3. The minimum Gasteiger partial charge on any atom is -0.310 e. The van der Waals surface area contributed by atoms with Gasteiger partial charge in [-0.1, -0.05) is 288 Å². The van der Waals surface area contributed by atoms with Crippen molar-refractivity contribution in [2.75, 3.05) is 9.80 Å². The van der Waals surface area contributed by atoms with Crippen LogP contribution in [0.25, 0.3) is 66.8 Å². The van der Waals surface area contributed by atoms with Crippen LogP contribution in [0.3, 0.4) is 0 Å². The first-order valence-electron chi connectivity index (χ1n) is 29.6. The highest BCUT2D eigenvalue weighted by Gasteiger charge is 2.47. The van der Waals surface area contributed by atoms with Gasteiger partial charge in [0.2, 0.25) is 0 Å². The zero-order chi connectivity index (χ0) is 57.3. The van der Waals surface area contributed by atoms with Crippen molar-refractivity contribution in [2.45, 2.75) is 31.6 Å². The Morgan fingerprint density at radius 1 is 0.247 bits per heavy atom. The summed E-state index contributed by atoms with van der Waals surface area (Å²) in [7, 11) is 0. The molecule has 2 nitrogen and oxygen atoms in total. The number of fused-ring (bicyclic) bond motifs is 3. The average molecular weight is 1090 g/mol. The van der Waals surface area contributed by atoms with Gasteiger partial charge >= 0.3 is 0 Å². The van der Waals surface area contributed by atoms with Crippen LogP contribution in [0.1, 0.15) is 48.6 Å². The zero-order valence-corrected chi connectivity index (χ0v) is 48.1. The summed E-state index contributed by atoms with van der Waals surface area (Å²) < 4.78 is 0. The summed E-state index contributed by atoms with van der Waals surface area (Å²) in [5, 5.41) is 0. The molecule has 406 valence electrons. The number of anilines is 6. The first kappa shape index (κ1) is 52.5. The Labute approximate surface area is 500 Å². The quantitative estimate of drug-likeness (QED) is 0.114. The third-order valence-electron chi connectivity index (χ3n) is 17.1. The van der Waals surface area contributed by atoms with Crippen LogP contribution in [0.15, 0.2) is 334 Å². The summed E-state index contributed by atoms with van der Waals surface area (Å²) in [6.45, 7) is 6.96. The fourth-order valence-corrected chi connectivity index (χ4v) is 13.1. The van der Waals surface area contributed by atoms with Gasteiger partial charge in [-0.3, -0.25) is 0 Å². The SMILES string of the molecule is CC(C)(C)c1cc(N(c2ccc(-c3ccccc3)cc2)c2ccc(-c3cccc4c3-c3ccc(N(c5ccc(-c6ccccc6)cc5)c5ccccc5-c5ccccc5)cc3C4(c3ccccc3)c3ccccc3)cc2)ccc1-c1ccccc1. The predicted octanol–water partition coefficient (Wildman–Crippen LogP) is 22.6. The number of para-hydroxylation sites is 1. The lowest BCUT2D eigenvalue weighted by Gasteiger charge is -2.35. The molecule has 0 radical (unpaired) electrons. The maximum absolute atomic E-state index is 2.49. The van der Waals surface area contributed by atoms with Gasteiger partial charge in [-0.2, -0.15) is 0 Å². The summed E-state index contributed by atoms with van der Waals surface area (Å²) in [6, 6.07) is 123. The monoisotopic (exact) mass is 1090 g/mol. The predicted molar refractivity (Wildman–Crippen MR) is 359 cm³/mol. The third kappa shape index (κ3) is 9.72. The molecule has 1 aliphatic rings. The van der Waals surface area contributed by atoms with E-state index in [1.54, 1.807) is 0 Å². The van der Waals surface area contributed by atoms with Crippen LogP contribution in [0.5, 0.6) is 0 Å². The Balaban J connectivity index is 0.946. The van der Waals surface area contributed by atoms with E-state index < -0.39 is 5.41 Å². The van der Waals surface area contributed by atoms with Crippen molar-refractivity contribution in [1.82, 2.24) is 0 Å². The Bertz CT molecular complexity index is 4400. The van der Waals surface area contributed by atoms with Gasteiger partial charge in [0.25, 0.3) is 0 Å². The van der Waals surface area contributed by atoms with E-state index in [0.29, 0.717) is 0 Å². The minimum atomic E-state index is -0.666. The lowest BCUT2D eigenvalue weighted by Crippen LogP contribution is -2.28. The molecular weight excluding hydrogens is 1020 g/mol. The van der Waals surface area contributed by atoms with Gasteiger partial charge < -0.3 is 9.80 Å². The second-order valence-corrected chi connectivity index (χ2v) is 23.2. The number of rotatable bonds is 13. The van der Waals surface area contributed by atoms with E-state index in [0.717, 1.165) is 50.8 Å². The van der Waals surface area contributed by atoms with Crippen molar-refractivity contribution in [3.63, 3.8) is 0 Å². The Kier molecular flexibility index (Phi) is 13.8. The summed E-state index contributed by atoms with van der Waals surface area (Å²) in [4.78, 5) is 4.88. The van der Waals surface area contributed by atoms with Crippen molar-refractivity contribution in [3.8, 4) is 66.8 Å². The molecule has 2 heteroatoms. The molecule has 0 unspecified atom stereocenters. The smallest absolute Gasteiger partial charge is 0.0714 e. The molecule has 0 saturated heterocycles. The lowest BCUT2D eigenvalue weighted by atomic mass is 9.67. The molecule has 1 aliphatic carbocycles.